The third-order valence-corrected chi connectivity index (χ3v) is 3.50. The van der Waals surface area contributed by atoms with E-state index in [1.165, 1.54) is 6.07 Å². The van der Waals surface area contributed by atoms with Crippen molar-refractivity contribution in [2.45, 2.75) is 19.3 Å². The first kappa shape index (κ1) is 12.8. The van der Waals surface area contributed by atoms with Crippen LogP contribution < -0.4 is 4.90 Å². The van der Waals surface area contributed by atoms with Crippen molar-refractivity contribution in [2.75, 3.05) is 24.6 Å². The van der Waals surface area contributed by atoms with E-state index in [2.05, 4.69) is 4.90 Å². The minimum absolute atomic E-state index is 0.127. The van der Waals surface area contributed by atoms with Crippen molar-refractivity contribution in [3.63, 3.8) is 0 Å². The lowest BCUT2D eigenvalue weighted by Crippen LogP contribution is -2.36. The SMILES string of the molecule is N#Cc1c(F)cccc1N1CCCC(CCO)C1. The zero-order valence-corrected chi connectivity index (χ0v) is 10.3. The number of anilines is 1. The molecule has 2 rings (SSSR count). The molecule has 0 radical (unpaired) electrons. The van der Waals surface area contributed by atoms with Gasteiger partial charge >= 0.3 is 0 Å². The Morgan fingerprint density at radius 1 is 1.50 bits per heavy atom. The van der Waals surface area contributed by atoms with Gasteiger partial charge in [-0.2, -0.15) is 5.26 Å². The highest BCUT2D eigenvalue weighted by Crippen LogP contribution is 2.28. The summed E-state index contributed by atoms with van der Waals surface area (Å²) in [7, 11) is 0. The molecule has 1 aliphatic rings. The Morgan fingerprint density at radius 2 is 2.33 bits per heavy atom. The fourth-order valence-electron chi connectivity index (χ4n) is 2.59. The quantitative estimate of drug-likeness (QED) is 0.892. The molecule has 96 valence electrons. The summed E-state index contributed by atoms with van der Waals surface area (Å²) in [6.07, 6.45) is 2.88. The summed E-state index contributed by atoms with van der Waals surface area (Å²) in [5.74, 6) is -0.0298. The van der Waals surface area contributed by atoms with E-state index in [9.17, 15) is 4.39 Å². The Labute approximate surface area is 106 Å². The van der Waals surface area contributed by atoms with Crippen molar-refractivity contribution in [3.8, 4) is 6.07 Å². The van der Waals surface area contributed by atoms with Crippen LogP contribution in [-0.2, 0) is 0 Å². The molecule has 0 bridgehead atoms. The van der Waals surface area contributed by atoms with Crippen molar-refractivity contribution in [1.82, 2.24) is 0 Å². The maximum absolute atomic E-state index is 13.6. The third kappa shape index (κ3) is 2.62. The van der Waals surface area contributed by atoms with Crippen LogP contribution in [0.2, 0.25) is 0 Å². The van der Waals surface area contributed by atoms with Gasteiger partial charge in [0.1, 0.15) is 17.4 Å². The van der Waals surface area contributed by atoms with Gasteiger partial charge in [0.15, 0.2) is 0 Å². The first-order chi connectivity index (χ1) is 8.76. The maximum Gasteiger partial charge on any atom is 0.143 e. The van der Waals surface area contributed by atoms with Gasteiger partial charge in [-0.05, 0) is 37.3 Å². The van der Waals surface area contributed by atoms with Crippen LogP contribution in [0.15, 0.2) is 18.2 Å². The van der Waals surface area contributed by atoms with E-state index in [0.717, 1.165) is 32.4 Å². The van der Waals surface area contributed by atoms with Gasteiger partial charge in [-0.3, -0.25) is 0 Å². The minimum atomic E-state index is -0.459. The number of rotatable bonds is 3. The van der Waals surface area contributed by atoms with Crippen molar-refractivity contribution in [3.05, 3.63) is 29.6 Å². The Bertz CT molecular complexity index is 454. The molecule has 1 heterocycles. The van der Waals surface area contributed by atoms with Gasteiger partial charge in [0.2, 0.25) is 0 Å². The molecule has 0 spiro atoms. The standard InChI is InChI=1S/C14H17FN2O/c15-13-4-1-5-14(12(13)9-16)17-7-2-3-11(10-17)6-8-18/h1,4-5,11,18H,2-3,6-8,10H2. The van der Waals surface area contributed by atoms with Crippen LogP contribution in [0.1, 0.15) is 24.8 Å². The molecule has 1 aromatic carbocycles. The number of piperidine rings is 1. The smallest absolute Gasteiger partial charge is 0.143 e. The predicted molar refractivity (Wildman–Crippen MR) is 67.8 cm³/mol. The molecule has 3 nitrogen and oxygen atoms in total. The van der Waals surface area contributed by atoms with Crippen LogP contribution in [0.3, 0.4) is 0 Å². The topological polar surface area (TPSA) is 47.3 Å². The Balaban J connectivity index is 2.21. The summed E-state index contributed by atoms with van der Waals surface area (Å²) in [5, 5.41) is 18.0. The molecule has 1 aromatic rings. The Morgan fingerprint density at radius 3 is 3.06 bits per heavy atom. The molecule has 1 aliphatic heterocycles. The van der Waals surface area contributed by atoms with Crippen LogP contribution in [0, 0.1) is 23.1 Å². The molecule has 1 saturated heterocycles. The highest BCUT2D eigenvalue weighted by Gasteiger charge is 2.22. The van der Waals surface area contributed by atoms with Gasteiger partial charge in [-0.25, -0.2) is 4.39 Å². The van der Waals surface area contributed by atoms with Crippen LogP contribution in [0.25, 0.3) is 0 Å². The second-order valence-electron chi connectivity index (χ2n) is 4.71. The molecule has 0 amide bonds. The molecule has 1 fully saturated rings. The lowest BCUT2D eigenvalue weighted by molar-refractivity contribution is 0.244. The molecule has 0 aromatic heterocycles. The largest absolute Gasteiger partial charge is 0.396 e. The second-order valence-corrected chi connectivity index (χ2v) is 4.71. The van der Waals surface area contributed by atoms with Crippen molar-refractivity contribution >= 4 is 5.69 Å². The maximum atomic E-state index is 13.6. The van der Waals surface area contributed by atoms with Crippen LogP contribution >= 0.6 is 0 Å². The van der Waals surface area contributed by atoms with E-state index in [4.69, 9.17) is 10.4 Å². The van der Waals surface area contributed by atoms with Gasteiger partial charge in [0.25, 0.3) is 0 Å². The van der Waals surface area contributed by atoms with E-state index in [-0.39, 0.29) is 12.2 Å². The van der Waals surface area contributed by atoms with Crippen LogP contribution in [0.4, 0.5) is 10.1 Å². The van der Waals surface area contributed by atoms with Crippen molar-refractivity contribution < 1.29 is 9.50 Å². The highest BCUT2D eigenvalue weighted by atomic mass is 19.1. The second kappa shape index (κ2) is 5.83. The average molecular weight is 248 g/mol. The van der Waals surface area contributed by atoms with E-state index >= 15 is 0 Å². The average Bonchev–Trinajstić information content (AvgIpc) is 2.39. The van der Waals surface area contributed by atoms with E-state index in [1.807, 2.05) is 6.07 Å². The first-order valence-corrected chi connectivity index (χ1v) is 6.30. The highest BCUT2D eigenvalue weighted by molar-refractivity contribution is 5.60. The van der Waals surface area contributed by atoms with E-state index in [1.54, 1.807) is 12.1 Å². The molecule has 1 N–H and O–H groups in total. The Kier molecular flexibility index (Phi) is 4.16. The molecule has 1 atom stereocenters. The summed E-state index contributed by atoms with van der Waals surface area (Å²) >= 11 is 0. The summed E-state index contributed by atoms with van der Waals surface area (Å²) in [6, 6.07) is 6.69. The number of nitrogens with zero attached hydrogens (tertiary/aromatic N) is 2. The molecule has 4 heteroatoms. The molecule has 0 saturated carbocycles. The molecule has 0 aliphatic carbocycles. The first-order valence-electron chi connectivity index (χ1n) is 6.30. The Hall–Kier alpha value is -1.60. The monoisotopic (exact) mass is 248 g/mol. The molecular weight excluding hydrogens is 231 g/mol. The third-order valence-electron chi connectivity index (χ3n) is 3.50. The number of hydrogen-bond acceptors (Lipinski definition) is 3. The number of nitriles is 1. The molecular formula is C14H17FN2O. The summed E-state index contributed by atoms with van der Waals surface area (Å²) in [5.41, 5.74) is 0.808. The zero-order valence-electron chi connectivity index (χ0n) is 10.3. The van der Waals surface area contributed by atoms with E-state index < -0.39 is 5.82 Å². The predicted octanol–water partition coefficient (Wildman–Crippen LogP) is 2.30. The molecule has 18 heavy (non-hydrogen) atoms. The van der Waals surface area contributed by atoms with E-state index in [0.29, 0.717) is 11.6 Å². The fraction of sp³-hybridized carbons (Fsp3) is 0.500. The minimum Gasteiger partial charge on any atom is -0.396 e. The van der Waals surface area contributed by atoms with Gasteiger partial charge in [-0.15, -0.1) is 0 Å². The van der Waals surface area contributed by atoms with Gasteiger partial charge in [0.05, 0.1) is 5.69 Å². The van der Waals surface area contributed by atoms with Gasteiger partial charge in [0, 0.05) is 19.7 Å². The van der Waals surface area contributed by atoms with Crippen LogP contribution in [-0.4, -0.2) is 24.8 Å². The summed E-state index contributed by atoms with van der Waals surface area (Å²) in [6.45, 7) is 1.82. The van der Waals surface area contributed by atoms with Gasteiger partial charge in [-0.1, -0.05) is 6.07 Å². The number of aliphatic hydroxyl groups excluding tert-OH is 1. The number of halogens is 1. The number of benzene rings is 1. The van der Waals surface area contributed by atoms with Crippen molar-refractivity contribution in [1.29, 1.82) is 5.26 Å². The lowest BCUT2D eigenvalue weighted by atomic mass is 9.94. The lowest BCUT2D eigenvalue weighted by Gasteiger charge is -2.34. The van der Waals surface area contributed by atoms with Crippen molar-refractivity contribution in [2.24, 2.45) is 5.92 Å². The number of aliphatic hydroxyl groups is 1. The summed E-state index contributed by atoms with van der Waals surface area (Å²) in [4.78, 5) is 2.06. The summed E-state index contributed by atoms with van der Waals surface area (Å²) < 4.78 is 13.6. The molecule has 1 unspecified atom stereocenters. The van der Waals surface area contributed by atoms with Gasteiger partial charge < -0.3 is 10.0 Å². The number of hydrogen-bond donors (Lipinski definition) is 1. The normalized spacial score (nSPS) is 19.6. The fourth-order valence-corrected chi connectivity index (χ4v) is 2.59. The zero-order chi connectivity index (χ0) is 13.0. The van der Waals surface area contributed by atoms with Crippen LogP contribution in [0.5, 0.6) is 0 Å².